The lowest BCUT2D eigenvalue weighted by atomic mass is 9.79. The van der Waals surface area contributed by atoms with Gasteiger partial charge in [-0.1, -0.05) is 0 Å². The van der Waals surface area contributed by atoms with E-state index in [1.165, 1.54) is 0 Å². The number of carboxylic acids is 1. The van der Waals surface area contributed by atoms with Crippen LogP contribution in [0.1, 0.15) is 25.7 Å². The number of nitrogens with two attached hydrogens (primary N) is 1. The topological polar surface area (TPSA) is 75.7 Å². The molecule has 13 heavy (non-hydrogen) atoms. The third-order valence-electron chi connectivity index (χ3n) is 3.34. The summed E-state index contributed by atoms with van der Waals surface area (Å²) in [7, 11) is 0. The first-order valence-corrected chi connectivity index (χ1v) is 4.73. The highest BCUT2D eigenvalue weighted by atomic mass is 16.4. The van der Waals surface area contributed by atoms with Crippen LogP contribution in [0.5, 0.6) is 0 Å². The molecule has 0 amide bonds. The van der Waals surface area contributed by atoms with E-state index < -0.39 is 5.97 Å². The normalized spacial score (nSPS) is 37.5. The van der Waals surface area contributed by atoms with E-state index in [4.69, 9.17) is 10.9 Å². The van der Waals surface area contributed by atoms with E-state index in [1.54, 1.807) is 0 Å². The van der Waals surface area contributed by atoms with Crippen LogP contribution >= 0.6 is 0 Å². The maximum Gasteiger partial charge on any atom is 0.306 e. The minimum Gasteiger partial charge on any atom is -0.481 e. The fourth-order valence-electron chi connectivity index (χ4n) is 2.70. The van der Waals surface area contributed by atoms with E-state index in [0.29, 0.717) is 11.8 Å². The quantitative estimate of drug-likeness (QED) is 0.465. The number of nitrogens with zero attached hydrogens (tertiary/aromatic N) is 1. The molecule has 2 atom stereocenters. The van der Waals surface area contributed by atoms with Crippen molar-refractivity contribution in [2.24, 2.45) is 28.7 Å². The predicted molar refractivity (Wildman–Crippen MR) is 48.2 cm³/mol. The molecule has 0 aromatic heterocycles. The summed E-state index contributed by atoms with van der Waals surface area (Å²) in [5.74, 6) is 5.17. The smallest absolute Gasteiger partial charge is 0.306 e. The third kappa shape index (κ3) is 1.30. The molecular weight excluding hydrogens is 168 g/mol. The van der Waals surface area contributed by atoms with Crippen LogP contribution in [0.3, 0.4) is 0 Å². The van der Waals surface area contributed by atoms with Gasteiger partial charge in [-0.25, -0.2) is 0 Å². The van der Waals surface area contributed by atoms with Crippen LogP contribution in [0.2, 0.25) is 0 Å². The van der Waals surface area contributed by atoms with Gasteiger partial charge < -0.3 is 10.9 Å². The summed E-state index contributed by atoms with van der Waals surface area (Å²) in [5, 5.41) is 12.7. The second kappa shape index (κ2) is 3.01. The number of hydrazone groups is 1. The van der Waals surface area contributed by atoms with Gasteiger partial charge in [0.25, 0.3) is 0 Å². The lowest BCUT2D eigenvalue weighted by molar-refractivity contribution is -0.142. The highest BCUT2D eigenvalue weighted by Crippen LogP contribution is 2.42. The van der Waals surface area contributed by atoms with Crippen molar-refractivity contribution in [2.45, 2.75) is 25.7 Å². The van der Waals surface area contributed by atoms with E-state index in [-0.39, 0.29) is 5.92 Å². The first kappa shape index (κ1) is 8.53. The summed E-state index contributed by atoms with van der Waals surface area (Å²) < 4.78 is 0. The van der Waals surface area contributed by atoms with E-state index in [1.807, 2.05) is 0 Å². The second-order valence-electron chi connectivity index (χ2n) is 4.03. The van der Waals surface area contributed by atoms with Gasteiger partial charge in [0.05, 0.1) is 5.92 Å². The van der Waals surface area contributed by atoms with Crippen LogP contribution in [0.15, 0.2) is 5.10 Å². The molecule has 2 rings (SSSR count). The Morgan fingerprint density at radius 3 is 2.31 bits per heavy atom. The molecule has 2 fully saturated rings. The van der Waals surface area contributed by atoms with Gasteiger partial charge >= 0.3 is 5.97 Å². The van der Waals surface area contributed by atoms with Crippen molar-refractivity contribution < 1.29 is 9.90 Å². The van der Waals surface area contributed by atoms with E-state index >= 15 is 0 Å². The maximum absolute atomic E-state index is 10.8. The van der Waals surface area contributed by atoms with Crippen molar-refractivity contribution in [1.82, 2.24) is 0 Å². The van der Waals surface area contributed by atoms with Gasteiger partial charge in [0.1, 0.15) is 0 Å². The van der Waals surface area contributed by atoms with Crippen molar-refractivity contribution in [3.05, 3.63) is 0 Å². The predicted octanol–water partition coefficient (Wildman–Crippen LogP) is 0.822. The molecular formula is C9H14N2O2. The van der Waals surface area contributed by atoms with Crippen molar-refractivity contribution in [3.63, 3.8) is 0 Å². The molecule has 0 saturated heterocycles. The molecule has 0 aromatic rings. The zero-order chi connectivity index (χ0) is 9.42. The minimum absolute atomic E-state index is 0.164. The summed E-state index contributed by atoms with van der Waals surface area (Å²) in [6.07, 6.45) is 3.62. The van der Waals surface area contributed by atoms with Crippen LogP contribution < -0.4 is 5.84 Å². The lowest BCUT2D eigenvalue weighted by Crippen LogP contribution is -2.31. The number of hydrogen-bond donors (Lipinski definition) is 2. The molecule has 0 unspecified atom stereocenters. The monoisotopic (exact) mass is 182 g/mol. The van der Waals surface area contributed by atoms with Gasteiger partial charge in [0.15, 0.2) is 0 Å². The van der Waals surface area contributed by atoms with Gasteiger partial charge in [0.2, 0.25) is 0 Å². The molecule has 72 valence electrons. The molecule has 2 aliphatic rings. The van der Waals surface area contributed by atoms with Crippen molar-refractivity contribution >= 4 is 11.7 Å². The van der Waals surface area contributed by atoms with Gasteiger partial charge in [-0.05, 0) is 25.7 Å². The standard InChI is InChI=1S/C9H14N2O2/c10-11-8-5-1-2-6(8)4-7(3-5)9(12)13/h5-7H,1-4,10H2,(H,12,13)/t5-,6-,7?/m1/s1. The number of rotatable bonds is 1. The second-order valence-corrected chi connectivity index (χ2v) is 4.03. The minimum atomic E-state index is -0.659. The summed E-state index contributed by atoms with van der Waals surface area (Å²) in [6.45, 7) is 0. The molecule has 0 radical (unpaired) electrons. The molecule has 2 saturated carbocycles. The molecule has 0 spiro atoms. The van der Waals surface area contributed by atoms with Crippen LogP contribution in [-0.2, 0) is 4.79 Å². The summed E-state index contributed by atoms with van der Waals surface area (Å²) >= 11 is 0. The van der Waals surface area contributed by atoms with Crippen LogP contribution in [-0.4, -0.2) is 16.8 Å². The Balaban J connectivity index is 2.15. The molecule has 0 aromatic carbocycles. The van der Waals surface area contributed by atoms with Gasteiger partial charge in [-0.15, -0.1) is 0 Å². The first-order chi connectivity index (χ1) is 6.22. The highest BCUT2D eigenvalue weighted by Gasteiger charge is 2.42. The first-order valence-electron chi connectivity index (χ1n) is 4.73. The molecule has 4 nitrogen and oxygen atoms in total. The van der Waals surface area contributed by atoms with E-state index in [9.17, 15) is 4.79 Å². The SMILES string of the molecule is NN=C1[C@@H]2CC[C@@H]1CC(C(=O)O)C2. The fourth-order valence-corrected chi connectivity index (χ4v) is 2.70. The average Bonchev–Trinajstić information content (AvgIpc) is 2.34. The largest absolute Gasteiger partial charge is 0.481 e. The fraction of sp³-hybridized carbons (Fsp3) is 0.778. The molecule has 4 heteroatoms. The highest BCUT2D eigenvalue weighted by molar-refractivity contribution is 5.92. The lowest BCUT2D eigenvalue weighted by Gasteiger charge is -2.25. The summed E-state index contributed by atoms with van der Waals surface area (Å²) in [4.78, 5) is 10.8. The van der Waals surface area contributed by atoms with Gasteiger partial charge in [-0.2, -0.15) is 5.10 Å². The van der Waals surface area contributed by atoms with Crippen molar-refractivity contribution in [3.8, 4) is 0 Å². The van der Waals surface area contributed by atoms with Crippen LogP contribution in [0.4, 0.5) is 0 Å². The number of aliphatic carboxylic acids is 1. The number of carboxylic acid groups (broad SMARTS) is 1. The molecule has 2 aliphatic carbocycles. The molecule has 0 aliphatic heterocycles. The molecule has 3 N–H and O–H groups in total. The van der Waals surface area contributed by atoms with Crippen LogP contribution in [0, 0.1) is 17.8 Å². The van der Waals surface area contributed by atoms with E-state index in [2.05, 4.69) is 5.10 Å². The summed E-state index contributed by atoms with van der Waals surface area (Å²) in [6, 6.07) is 0. The third-order valence-corrected chi connectivity index (χ3v) is 3.34. The average molecular weight is 182 g/mol. The Bertz CT molecular complexity index is 246. The number of fused-ring (bicyclic) bond motifs is 2. The molecule has 2 bridgehead atoms. The Kier molecular flexibility index (Phi) is 1.98. The molecule has 0 heterocycles. The number of carbonyl (C=O) groups is 1. The number of hydrogen-bond acceptors (Lipinski definition) is 3. The van der Waals surface area contributed by atoms with Gasteiger partial charge in [-0.3, -0.25) is 4.79 Å². The van der Waals surface area contributed by atoms with Gasteiger partial charge in [0, 0.05) is 17.5 Å². The van der Waals surface area contributed by atoms with Crippen molar-refractivity contribution in [2.75, 3.05) is 0 Å². The maximum atomic E-state index is 10.8. The Hall–Kier alpha value is -1.06. The van der Waals surface area contributed by atoms with Crippen LogP contribution in [0.25, 0.3) is 0 Å². The summed E-state index contributed by atoms with van der Waals surface area (Å²) in [5.41, 5.74) is 1.07. The Morgan fingerprint density at radius 1 is 1.38 bits per heavy atom. The Morgan fingerprint density at radius 2 is 1.92 bits per heavy atom. The van der Waals surface area contributed by atoms with E-state index in [0.717, 1.165) is 31.4 Å². The van der Waals surface area contributed by atoms with Crippen molar-refractivity contribution in [1.29, 1.82) is 0 Å². The Labute approximate surface area is 76.8 Å². The zero-order valence-corrected chi connectivity index (χ0v) is 7.44. The zero-order valence-electron chi connectivity index (χ0n) is 7.44.